The first-order chi connectivity index (χ1) is 5.63. The molecule has 4 heteroatoms. The van der Waals surface area contributed by atoms with Gasteiger partial charge in [-0.15, -0.1) is 0 Å². The van der Waals surface area contributed by atoms with Gasteiger partial charge in [-0.3, -0.25) is 0 Å². The zero-order chi connectivity index (χ0) is 9.14. The van der Waals surface area contributed by atoms with Crippen molar-refractivity contribution in [2.45, 2.75) is 19.0 Å². The Hall–Kier alpha value is -1.32. The lowest BCUT2D eigenvalue weighted by molar-refractivity contribution is -0.143. The summed E-state index contributed by atoms with van der Waals surface area (Å²) in [7, 11) is 0. The second-order valence-corrected chi connectivity index (χ2v) is 2.59. The zero-order valence-corrected chi connectivity index (χ0v) is 6.53. The standard InChI is InChI=1S/C8H9FO3/c1-5(7(9)8(10)11)6-2-3-12-4-6/h2-5,7H,1H3,(H,10,11). The third kappa shape index (κ3) is 1.64. The minimum atomic E-state index is -1.87. The summed E-state index contributed by atoms with van der Waals surface area (Å²) < 4.78 is 17.5. The first kappa shape index (κ1) is 8.77. The number of carbonyl (C=O) groups is 1. The van der Waals surface area contributed by atoms with Crippen LogP contribution in [0.1, 0.15) is 18.4 Å². The van der Waals surface area contributed by atoms with Crippen molar-refractivity contribution in [2.24, 2.45) is 0 Å². The van der Waals surface area contributed by atoms with Gasteiger partial charge >= 0.3 is 5.97 Å². The van der Waals surface area contributed by atoms with Crippen LogP contribution in [0.2, 0.25) is 0 Å². The number of alkyl halides is 1. The van der Waals surface area contributed by atoms with Gasteiger partial charge in [0, 0.05) is 5.92 Å². The van der Waals surface area contributed by atoms with Gasteiger partial charge < -0.3 is 9.52 Å². The van der Waals surface area contributed by atoms with E-state index in [1.54, 1.807) is 6.07 Å². The Kier molecular flexibility index (Phi) is 2.47. The quantitative estimate of drug-likeness (QED) is 0.756. The lowest BCUT2D eigenvalue weighted by atomic mass is 9.99. The average molecular weight is 172 g/mol. The third-order valence-electron chi connectivity index (χ3n) is 1.74. The Balaban J connectivity index is 2.71. The molecular weight excluding hydrogens is 163 g/mol. The first-order valence-electron chi connectivity index (χ1n) is 3.52. The van der Waals surface area contributed by atoms with Crippen LogP contribution in [-0.2, 0) is 4.79 Å². The second-order valence-electron chi connectivity index (χ2n) is 2.59. The molecule has 0 fully saturated rings. The van der Waals surface area contributed by atoms with Crippen LogP contribution < -0.4 is 0 Å². The molecule has 0 amide bonds. The highest BCUT2D eigenvalue weighted by Crippen LogP contribution is 2.21. The van der Waals surface area contributed by atoms with Gasteiger partial charge in [0.15, 0.2) is 0 Å². The molecule has 2 unspecified atom stereocenters. The molecule has 3 nitrogen and oxygen atoms in total. The number of carboxylic acid groups (broad SMARTS) is 1. The van der Waals surface area contributed by atoms with Crippen LogP contribution in [0.25, 0.3) is 0 Å². The topological polar surface area (TPSA) is 50.4 Å². The minimum absolute atomic E-state index is 0.560. The van der Waals surface area contributed by atoms with E-state index in [2.05, 4.69) is 0 Å². The molecule has 0 aliphatic carbocycles. The highest BCUT2D eigenvalue weighted by atomic mass is 19.1. The lowest BCUT2D eigenvalue weighted by Gasteiger charge is -2.09. The largest absolute Gasteiger partial charge is 0.479 e. The van der Waals surface area contributed by atoms with Crippen LogP contribution >= 0.6 is 0 Å². The molecule has 0 spiro atoms. The van der Waals surface area contributed by atoms with Crippen molar-refractivity contribution in [3.8, 4) is 0 Å². The number of hydrogen-bond donors (Lipinski definition) is 1. The summed E-state index contributed by atoms with van der Waals surface area (Å²) in [5, 5.41) is 8.35. The van der Waals surface area contributed by atoms with E-state index >= 15 is 0 Å². The number of furan rings is 1. The maximum absolute atomic E-state index is 12.8. The minimum Gasteiger partial charge on any atom is -0.479 e. The summed E-state index contributed by atoms with van der Waals surface area (Å²) in [5.41, 5.74) is 0.560. The SMILES string of the molecule is CC(c1ccoc1)C(F)C(=O)O. The summed E-state index contributed by atoms with van der Waals surface area (Å²) >= 11 is 0. The van der Waals surface area contributed by atoms with Gasteiger partial charge in [0.25, 0.3) is 0 Å². The number of halogens is 1. The van der Waals surface area contributed by atoms with Crippen LogP contribution in [0.4, 0.5) is 4.39 Å². The fraction of sp³-hybridized carbons (Fsp3) is 0.375. The van der Waals surface area contributed by atoms with Crippen LogP contribution in [0, 0.1) is 0 Å². The highest BCUT2D eigenvalue weighted by molar-refractivity contribution is 5.73. The van der Waals surface area contributed by atoms with Gasteiger partial charge in [-0.1, -0.05) is 6.92 Å². The molecule has 1 N–H and O–H groups in total. The Morgan fingerprint density at radius 2 is 2.42 bits per heavy atom. The molecule has 0 aromatic carbocycles. The van der Waals surface area contributed by atoms with E-state index < -0.39 is 18.1 Å². The predicted molar refractivity (Wildman–Crippen MR) is 39.7 cm³/mol. The molecule has 0 radical (unpaired) electrons. The van der Waals surface area contributed by atoms with E-state index in [4.69, 9.17) is 9.52 Å². The predicted octanol–water partition coefficient (Wildman–Crippen LogP) is 1.81. The molecule has 0 aliphatic heterocycles. The van der Waals surface area contributed by atoms with E-state index in [0.29, 0.717) is 5.56 Å². The summed E-state index contributed by atoms with van der Waals surface area (Å²) in [5.74, 6) is -2.11. The molecule has 1 heterocycles. The lowest BCUT2D eigenvalue weighted by Crippen LogP contribution is -2.20. The van der Waals surface area contributed by atoms with Gasteiger partial charge in [0.1, 0.15) is 0 Å². The van der Waals surface area contributed by atoms with Gasteiger partial charge in [-0.25, -0.2) is 9.18 Å². The van der Waals surface area contributed by atoms with Crippen LogP contribution in [-0.4, -0.2) is 17.2 Å². The molecule has 0 saturated heterocycles. The number of aliphatic carboxylic acids is 1. The van der Waals surface area contributed by atoms with Gasteiger partial charge in [0.05, 0.1) is 12.5 Å². The van der Waals surface area contributed by atoms with E-state index in [1.807, 2.05) is 0 Å². The van der Waals surface area contributed by atoms with Gasteiger partial charge in [0.2, 0.25) is 6.17 Å². The summed E-state index contributed by atoms with van der Waals surface area (Å²) in [6, 6.07) is 1.56. The maximum Gasteiger partial charge on any atom is 0.338 e. The van der Waals surface area contributed by atoms with Crippen molar-refractivity contribution in [2.75, 3.05) is 0 Å². The molecule has 1 aromatic rings. The highest BCUT2D eigenvalue weighted by Gasteiger charge is 2.25. The summed E-state index contributed by atoms with van der Waals surface area (Å²) in [6.07, 6.45) is 0.864. The zero-order valence-electron chi connectivity index (χ0n) is 6.53. The molecule has 2 atom stereocenters. The molecular formula is C8H9FO3. The van der Waals surface area contributed by atoms with E-state index in [1.165, 1.54) is 19.5 Å². The van der Waals surface area contributed by atoms with E-state index in [-0.39, 0.29) is 0 Å². The smallest absolute Gasteiger partial charge is 0.338 e. The number of carboxylic acids is 1. The molecule has 0 saturated carbocycles. The van der Waals surface area contributed by atoms with Crippen molar-refractivity contribution in [3.05, 3.63) is 24.2 Å². The molecule has 0 bridgehead atoms. The van der Waals surface area contributed by atoms with Crippen LogP contribution in [0.5, 0.6) is 0 Å². The molecule has 12 heavy (non-hydrogen) atoms. The normalized spacial score (nSPS) is 15.5. The Morgan fingerprint density at radius 1 is 1.75 bits per heavy atom. The fourth-order valence-corrected chi connectivity index (χ4v) is 0.917. The fourth-order valence-electron chi connectivity index (χ4n) is 0.917. The first-order valence-corrected chi connectivity index (χ1v) is 3.52. The maximum atomic E-state index is 12.8. The molecule has 0 aliphatic rings. The Morgan fingerprint density at radius 3 is 2.83 bits per heavy atom. The van der Waals surface area contributed by atoms with Crippen molar-refractivity contribution < 1.29 is 18.7 Å². The van der Waals surface area contributed by atoms with Crippen molar-refractivity contribution in [1.29, 1.82) is 0 Å². The molecule has 66 valence electrons. The summed E-state index contributed by atoms with van der Waals surface area (Å²) in [4.78, 5) is 10.2. The number of rotatable bonds is 3. The van der Waals surface area contributed by atoms with Crippen LogP contribution in [0.3, 0.4) is 0 Å². The van der Waals surface area contributed by atoms with E-state index in [0.717, 1.165) is 0 Å². The van der Waals surface area contributed by atoms with Crippen LogP contribution in [0.15, 0.2) is 23.0 Å². The third-order valence-corrected chi connectivity index (χ3v) is 1.74. The Labute approximate surface area is 68.8 Å². The number of hydrogen-bond acceptors (Lipinski definition) is 2. The average Bonchev–Trinajstić information content (AvgIpc) is 2.53. The second kappa shape index (κ2) is 3.38. The monoisotopic (exact) mass is 172 g/mol. The van der Waals surface area contributed by atoms with Crippen molar-refractivity contribution in [1.82, 2.24) is 0 Å². The van der Waals surface area contributed by atoms with E-state index in [9.17, 15) is 9.18 Å². The van der Waals surface area contributed by atoms with Gasteiger partial charge in [-0.05, 0) is 11.6 Å². The summed E-state index contributed by atoms with van der Waals surface area (Å²) in [6.45, 7) is 1.50. The van der Waals surface area contributed by atoms with Gasteiger partial charge in [-0.2, -0.15) is 0 Å². The van der Waals surface area contributed by atoms with Crippen molar-refractivity contribution >= 4 is 5.97 Å². The molecule has 1 aromatic heterocycles. The molecule has 1 rings (SSSR count). The van der Waals surface area contributed by atoms with Crippen molar-refractivity contribution in [3.63, 3.8) is 0 Å². The Bertz CT molecular complexity index is 255.